The maximum absolute atomic E-state index is 13.2. The van der Waals surface area contributed by atoms with Crippen molar-refractivity contribution in [1.82, 2.24) is 21.3 Å². The number of methoxy groups -OCH3 is 2. The van der Waals surface area contributed by atoms with Gasteiger partial charge >= 0.3 is 12.1 Å². The Morgan fingerprint density at radius 2 is 1.13 bits per heavy atom. The van der Waals surface area contributed by atoms with Gasteiger partial charge in [-0.2, -0.15) is 0 Å². The predicted molar refractivity (Wildman–Crippen MR) is 176 cm³/mol. The van der Waals surface area contributed by atoms with Crippen molar-refractivity contribution in [3.8, 4) is 0 Å². The van der Waals surface area contributed by atoms with Crippen molar-refractivity contribution in [2.75, 3.05) is 27.3 Å². The molecule has 4 fully saturated rings. The zero-order valence-corrected chi connectivity index (χ0v) is 31.2. The lowest BCUT2D eigenvalue weighted by molar-refractivity contribution is -0.220. The Morgan fingerprint density at radius 1 is 0.692 bits per heavy atom. The van der Waals surface area contributed by atoms with E-state index in [0.717, 1.165) is 0 Å². The molecule has 0 aromatic heterocycles. The lowest BCUT2D eigenvalue weighted by Crippen LogP contribution is -2.53. The summed E-state index contributed by atoms with van der Waals surface area (Å²) in [6.07, 6.45) is -7.75. The van der Waals surface area contributed by atoms with Crippen LogP contribution in [0.5, 0.6) is 0 Å². The maximum Gasteiger partial charge on any atom is 0.407 e. The van der Waals surface area contributed by atoms with Crippen molar-refractivity contribution in [3.63, 3.8) is 0 Å². The SMILES string of the molecule is CO[C@@H]1[C@H]2OC(C)(C)O[C@H]2O[C@@H]1C(CC(=O)NCCC(=O)O)NC(=O)CCNC(=O)CC(NC(=O)OC(C)(C)C)[C@H]1O[C@@H]2OC(C)(C)O[C@@H]2[C@H]1OC. The van der Waals surface area contributed by atoms with Gasteiger partial charge in [0.25, 0.3) is 0 Å². The first-order valence-electron chi connectivity index (χ1n) is 17.3. The Bertz CT molecular complexity index is 1310. The molecule has 4 amide bonds. The van der Waals surface area contributed by atoms with Crippen LogP contribution in [-0.2, 0) is 61.8 Å². The predicted octanol–water partition coefficient (Wildman–Crippen LogP) is 0.0247. The molecule has 0 bridgehead atoms. The summed E-state index contributed by atoms with van der Waals surface area (Å²) in [5.41, 5.74) is -0.812. The van der Waals surface area contributed by atoms with E-state index in [9.17, 15) is 24.0 Å². The van der Waals surface area contributed by atoms with Crippen molar-refractivity contribution < 1.29 is 71.7 Å². The fraction of sp³-hybridized carbons (Fsp3) is 0.848. The molecule has 52 heavy (non-hydrogen) atoms. The van der Waals surface area contributed by atoms with Crippen molar-refractivity contribution in [3.05, 3.63) is 0 Å². The molecule has 0 radical (unpaired) electrons. The van der Waals surface area contributed by atoms with E-state index in [2.05, 4.69) is 21.3 Å². The topological polar surface area (TPSA) is 237 Å². The van der Waals surface area contributed by atoms with Crippen LogP contribution in [0.15, 0.2) is 0 Å². The van der Waals surface area contributed by atoms with Gasteiger partial charge in [0, 0.05) is 46.6 Å². The third kappa shape index (κ3) is 11.2. The Balaban J connectivity index is 1.37. The van der Waals surface area contributed by atoms with Crippen LogP contribution in [0, 0.1) is 0 Å². The molecule has 0 spiro atoms. The summed E-state index contributed by atoms with van der Waals surface area (Å²) >= 11 is 0. The van der Waals surface area contributed by atoms with Gasteiger partial charge in [-0.05, 0) is 48.5 Å². The van der Waals surface area contributed by atoms with E-state index in [1.54, 1.807) is 48.5 Å². The Hall–Kier alpha value is -3.17. The molecule has 0 aromatic rings. The molecule has 4 heterocycles. The Labute approximate surface area is 302 Å². The standard InChI is InChI=1S/C33H54N4O15/c1-31(2,3)52-30(43)37-17(23-25(45-9)27-29(47-23)51-33(6,7)49-27)15-20(40)34-12-10-18(38)36-16(14-19(39)35-13-11-21(41)42)22-24(44-8)26-28(46-22)50-32(4,5)48-26/h16-17,22-29H,10-15H2,1-9H3,(H,34,40)(H,35,39)(H,36,38)(H,37,43)(H,41,42)/t16?,17?,22-,23-,24+,25+,26-,27-,28-,29-/m1/s1. The minimum Gasteiger partial charge on any atom is -0.481 e. The van der Waals surface area contributed by atoms with Gasteiger partial charge in [0.2, 0.25) is 17.7 Å². The summed E-state index contributed by atoms with van der Waals surface area (Å²) in [5, 5.41) is 19.6. The first-order valence-corrected chi connectivity index (χ1v) is 17.3. The van der Waals surface area contributed by atoms with Gasteiger partial charge in [0.15, 0.2) is 24.2 Å². The molecule has 0 saturated carbocycles. The number of fused-ring (bicyclic) bond motifs is 2. The molecular weight excluding hydrogens is 692 g/mol. The molecular formula is C33H54N4O15. The number of hydrogen-bond acceptors (Lipinski definition) is 14. The number of hydrogen-bond donors (Lipinski definition) is 5. The van der Waals surface area contributed by atoms with E-state index in [-0.39, 0.29) is 38.8 Å². The smallest absolute Gasteiger partial charge is 0.407 e. The quantitative estimate of drug-likeness (QED) is 0.140. The number of carboxylic acids is 1. The second kappa shape index (κ2) is 16.9. The third-order valence-electron chi connectivity index (χ3n) is 8.59. The van der Waals surface area contributed by atoms with E-state index in [0.29, 0.717) is 0 Å². The summed E-state index contributed by atoms with van der Waals surface area (Å²) in [5.74, 6) is -4.48. The van der Waals surface area contributed by atoms with Crippen molar-refractivity contribution in [1.29, 1.82) is 0 Å². The van der Waals surface area contributed by atoms with E-state index in [1.165, 1.54) is 14.2 Å². The molecule has 10 atom stereocenters. The van der Waals surface area contributed by atoms with Crippen LogP contribution in [0.3, 0.4) is 0 Å². The average Bonchev–Trinajstić information content (AvgIpc) is 3.68. The zero-order valence-electron chi connectivity index (χ0n) is 31.2. The van der Waals surface area contributed by atoms with Crippen molar-refractivity contribution in [2.24, 2.45) is 0 Å². The van der Waals surface area contributed by atoms with Gasteiger partial charge in [0.1, 0.15) is 42.2 Å². The Kier molecular flexibility index (Phi) is 13.5. The number of alkyl carbamates (subject to hydrolysis) is 1. The van der Waals surface area contributed by atoms with Crippen LogP contribution in [0.2, 0.25) is 0 Å². The zero-order chi connectivity index (χ0) is 38.6. The molecule has 4 aliphatic heterocycles. The van der Waals surface area contributed by atoms with Gasteiger partial charge in [0.05, 0.1) is 18.5 Å². The summed E-state index contributed by atoms with van der Waals surface area (Å²) in [6.45, 7) is 11.8. The monoisotopic (exact) mass is 746 g/mol. The normalized spacial score (nSPS) is 31.2. The van der Waals surface area contributed by atoms with Crippen LogP contribution in [0.4, 0.5) is 4.79 Å². The fourth-order valence-electron chi connectivity index (χ4n) is 6.60. The van der Waals surface area contributed by atoms with Crippen LogP contribution >= 0.6 is 0 Å². The highest BCUT2D eigenvalue weighted by Gasteiger charge is 2.58. The first-order chi connectivity index (χ1) is 24.2. The molecule has 4 saturated heterocycles. The summed E-state index contributed by atoms with van der Waals surface area (Å²) < 4.78 is 52.5. The summed E-state index contributed by atoms with van der Waals surface area (Å²) in [6, 6.07) is -1.86. The number of ether oxygens (including phenoxy) is 9. The van der Waals surface area contributed by atoms with E-state index in [4.69, 9.17) is 47.7 Å². The average molecular weight is 747 g/mol. The molecule has 4 rings (SSSR count). The summed E-state index contributed by atoms with van der Waals surface area (Å²) in [7, 11) is 2.91. The molecule has 0 aliphatic carbocycles. The van der Waals surface area contributed by atoms with Crippen LogP contribution < -0.4 is 21.3 Å². The van der Waals surface area contributed by atoms with Crippen LogP contribution in [-0.4, -0.2) is 141 Å². The molecule has 5 N–H and O–H groups in total. The van der Waals surface area contributed by atoms with E-state index in [1.807, 2.05) is 0 Å². The largest absolute Gasteiger partial charge is 0.481 e. The number of aliphatic carboxylic acids is 1. The molecule has 0 aromatic carbocycles. The molecule has 19 heteroatoms. The number of carbonyl (C=O) groups is 5. The van der Waals surface area contributed by atoms with Crippen molar-refractivity contribution in [2.45, 2.75) is 153 Å². The van der Waals surface area contributed by atoms with Gasteiger partial charge in [-0.3, -0.25) is 19.2 Å². The van der Waals surface area contributed by atoms with Crippen LogP contribution in [0.25, 0.3) is 0 Å². The fourth-order valence-corrected chi connectivity index (χ4v) is 6.60. The molecule has 19 nitrogen and oxygen atoms in total. The lowest BCUT2D eigenvalue weighted by Gasteiger charge is -2.31. The van der Waals surface area contributed by atoms with Crippen molar-refractivity contribution >= 4 is 29.8 Å². The van der Waals surface area contributed by atoms with Gasteiger partial charge in [-0.15, -0.1) is 0 Å². The first kappa shape index (κ1) is 41.6. The van der Waals surface area contributed by atoms with Crippen LogP contribution in [0.1, 0.15) is 74.1 Å². The number of amides is 4. The minimum absolute atomic E-state index is 0.100. The second-order valence-electron chi connectivity index (χ2n) is 15.0. The van der Waals surface area contributed by atoms with E-state index < -0.39 is 108 Å². The van der Waals surface area contributed by atoms with Gasteiger partial charge < -0.3 is 69.0 Å². The number of carboxylic acid groups (broad SMARTS) is 1. The number of rotatable bonds is 16. The summed E-state index contributed by atoms with van der Waals surface area (Å²) in [4.78, 5) is 62.9. The number of nitrogens with one attached hydrogen (secondary N) is 4. The van der Waals surface area contributed by atoms with Gasteiger partial charge in [-0.1, -0.05) is 0 Å². The van der Waals surface area contributed by atoms with E-state index >= 15 is 0 Å². The van der Waals surface area contributed by atoms with Gasteiger partial charge in [-0.25, -0.2) is 4.79 Å². The highest BCUT2D eigenvalue weighted by Crippen LogP contribution is 2.41. The molecule has 4 aliphatic rings. The maximum atomic E-state index is 13.2. The number of carbonyl (C=O) groups excluding carboxylic acids is 4. The molecule has 2 unspecified atom stereocenters. The lowest BCUT2D eigenvalue weighted by atomic mass is 9.99. The highest BCUT2D eigenvalue weighted by atomic mass is 16.9. The minimum atomic E-state index is -1.08. The highest BCUT2D eigenvalue weighted by molar-refractivity contribution is 5.81. The molecule has 296 valence electrons. The third-order valence-corrected chi connectivity index (χ3v) is 8.59. The Morgan fingerprint density at radius 3 is 1.56 bits per heavy atom. The second-order valence-corrected chi connectivity index (χ2v) is 15.0.